The molecule has 0 spiro atoms. The van der Waals surface area contributed by atoms with Crippen molar-refractivity contribution in [3.8, 4) is 0 Å². The highest BCUT2D eigenvalue weighted by atomic mass is 16.1. The van der Waals surface area contributed by atoms with Crippen molar-refractivity contribution in [3.05, 3.63) is 0 Å². The van der Waals surface area contributed by atoms with Gasteiger partial charge in [-0.2, -0.15) is 0 Å². The lowest BCUT2D eigenvalue weighted by molar-refractivity contribution is -0.122. The third-order valence-electron chi connectivity index (χ3n) is 3.90. The predicted octanol–water partition coefficient (Wildman–Crippen LogP) is 2.84. The van der Waals surface area contributed by atoms with Gasteiger partial charge in [0.2, 0.25) is 5.91 Å². The maximum atomic E-state index is 11.8. The van der Waals surface area contributed by atoms with Gasteiger partial charge in [-0.05, 0) is 31.1 Å². The number of carbonyl (C=O) groups excluding carboxylic acids is 1. The molecular weight excluding hydrogens is 224 g/mol. The summed E-state index contributed by atoms with van der Waals surface area (Å²) in [4.78, 5) is 11.8. The Morgan fingerprint density at radius 1 is 1.33 bits per heavy atom. The minimum absolute atomic E-state index is 0.156. The number of hydrogen-bond acceptors (Lipinski definition) is 2. The largest absolute Gasteiger partial charge is 0.352 e. The Kier molecular flexibility index (Phi) is 7.33. The molecular formula is C15H30N2O. The zero-order valence-corrected chi connectivity index (χ0v) is 12.1. The standard InChI is InChI=1S/C15H30N2O/c1-12(2)10-14(11-16)17-15(18)9-5-8-13-6-3-4-7-13/h12-14H,3-11,16H2,1-2H3,(H,17,18). The third-order valence-corrected chi connectivity index (χ3v) is 3.90. The fraction of sp³-hybridized carbons (Fsp3) is 0.933. The van der Waals surface area contributed by atoms with Crippen LogP contribution in [0.2, 0.25) is 0 Å². The first-order valence-electron chi connectivity index (χ1n) is 7.61. The zero-order valence-electron chi connectivity index (χ0n) is 12.1. The molecule has 1 unspecified atom stereocenters. The number of nitrogens with two attached hydrogens (primary N) is 1. The topological polar surface area (TPSA) is 55.1 Å². The minimum Gasteiger partial charge on any atom is -0.352 e. The average Bonchev–Trinajstić information content (AvgIpc) is 2.80. The molecule has 3 N–H and O–H groups in total. The molecule has 0 radical (unpaired) electrons. The fourth-order valence-corrected chi connectivity index (χ4v) is 2.93. The number of amides is 1. The van der Waals surface area contributed by atoms with Gasteiger partial charge in [-0.3, -0.25) is 4.79 Å². The molecule has 1 aliphatic carbocycles. The van der Waals surface area contributed by atoms with E-state index in [0.29, 0.717) is 18.9 Å². The van der Waals surface area contributed by atoms with E-state index in [1.165, 1.54) is 32.1 Å². The number of hydrogen-bond donors (Lipinski definition) is 2. The molecule has 0 aromatic carbocycles. The van der Waals surface area contributed by atoms with Gasteiger partial charge >= 0.3 is 0 Å². The van der Waals surface area contributed by atoms with Crippen molar-refractivity contribution in [2.45, 2.75) is 71.3 Å². The Labute approximate surface area is 112 Å². The van der Waals surface area contributed by atoms with E-state index in [2.05, 4.69) is 19.2 Å². The molecule has 0 aromatic heterocycles. The highest BCUT2D eigenvalue weighted by molar-refractivity contribution is 5.76. The van der Waals surface area contributed by atoms with Crippen molar-refractivity contribution in [3.63, 3.8) is 0 Å². The van der Waals surface area contributed by atoms with E-state index in [0.717, 1.165) is 18.8 Å². The smallest absolute Gasteiger partial charge is 0.220 e. The van der Waals surface area contributed by atoms with Crippen LogP contribution in [0, 0.1) is 11.8 Å². The lowest BCUT2D eigenvalue weighted by Crippen LogP contribution is -2.40. The molecule has 3 nitrogen and oxygen atoms in total. The van der Waals surface area contributed by atoms with Gasteiger partial charge in [0, 0.05) is 19.0 Å². The summed E-state index contributed by atoms with van der Waals surface area (Å²) < 4.78 is 0. The van der Waals surface area contributed by atoms with Gasteiger partial charge in [-0.25, -0.2) is 0 Å². The monoisotopic (exact) mass is 254 g/mol. The van der Waals surface area contributed by atoms with Crippen LogP contribution in [-0.4, -0.2) is 18.5 Å². The summed E-state index contributed by atoms with van der Waals surface area (Å²) in [5.74, 6) is 1.65. The Bertz CT molecular complexity index is 235. The van der Waals surface area contributed by atoms with E-state index in [-0.39, 0.29) is 11.9 Å². The summed E-state index contributed by atoms with van der Waals surface area (Å²) in [6.07, 6.45) is 9.44. The van der Waals surface area contributed by atoms with E-state index in [1.807, 2.05) is 0 Å². The Balaban J connectivity index is 2.11. The first-order valence-corrected chi connectivity index (χ1v) is 7.61. The van der Waals surface area contributed by atoms with Crippen LogP contribution in [0.25, 0.3) is 0 Å². The molecule has 1 aliphatic rings. The average molecular weight is 254 g/mol. The Morgan fingerprint density at radius 3 is 2.56 bits per heavy atom. The Hall–Kier alpha value is -0.570. The SMILES string of the molecule is CC(C)CC(CN)NC(=O)CCCC1CCCC1. The lowest BCUT2D eigenvalue weighted by Gasteiger charge is -2.19. The van der Waals surface area contributed by atoms with Crippen molar-refractivity contribution < 1.29 is 4.79 Å². The van der Waals surface area contributed by atoms with Gasteiger partial charge in [-0.15, -0.1) is 0 Å². The number of rotatable bonds is 8. The van der Waals surface area contributed by atoms with E-state index in [4.69, 9.17) is 5.73 Å². The van der Waals surface area contributed by atoms with Crippen LogP contribution in [0.5, 0.6) is 0 Å². The maximum Gasteiger partial charge on any atom is 0.220 e. The van der Waals surface area contributed by atoms with Crippen molar-refractivity contribution in [1.29, 1.82) is 0 Å². The molecule has 1 atom stereocenters. The summed E-state index contributed by atoms with van der Waals surface area (Å²) in [5.41, 5.74) is 5.68. The Morgan fingerprint density at radius 2 is 2.00 bits per heavy atom. The second-order valence-corrected chi connectivity index (χ2v) is 6.17. The number of nitrogens with one attached hydrogen (secondary N) is 1. The fourth-order valence-electron chi connectivity index (χ4n) is 2.93. The molecule has 0 heterocycles. The molecule has 0 bridgehead atoms. The second-order valence-electron chi connectivity index (χ2n) is 6.17. The predicted molar refractivity (Wildman–Crippen MR) is 76.2 cm³/mol. The molecule has 1 fully saturated rings. The van der Waals surface area contributed by atoms with Crippen LogP contribution >= 0.6 is 0 Å². The van der Waals surface area contributed by atoms with E-state index in [1.54, 1.807) is 0 Å². The van der Waals surface area contributed by atoms with Crippen LogP contribution in [0.3, 0.4) is 0 Å². The van der Waals surface area contributed by atoms with Crippen molar-refractivity contribution >= 4 is 5.91 Å². The van der Waals surface area contributed by atoms with Crippen molar-refractivity contribution in [2.75, 3.05) is 6.54 Å². The first-order chi connectivity index (χ1) is 8.61. The van der Waals surface area contributed by atoms with Gasteiger partial charge in [0.25, 0.3) is 0 Å². The molecule has 18 heavy (non-hydrogen) atoms. The summed E-state index contributed by atoms with van der Waals surface area (Å²) in [5, 5.41) is 3.06. The molecule has 106 valence electrons. The van der Waals surface area contributed by atoms with Crippen molar-refractivity contribution in [1.82, 2.24) is 5.32 Å². The minimum atomic E-state index is 0.156. The quantitative estimate of drug-likeness (QED) is 0.700. The first kappa shape index (κ1) is 15.5. The molecule has 3 heteroatoms. The van der Waals surface area contributed by atoms with Gasteiger partial charge < -0.3 is 11.1 Å². The zero-order chi connectivity index (χ0) is 13.4. The van der Waals surface area contributed by atoms with Crippen LogP contribution in [-0.2, 0) is 4.79 Å². The molecule has 1 amide bonds. The summed E-state index contributed by atoms with van der Waals surface area (Å²) in [6.45, 7) is 4.87. The van der Waals surface area contributed by atoms with E-state index >= 15 is 0 Å². The lowest BCUT2D eigenvalue weighted by atomic mass is 10.00. The molecule has 0 aliphatic heterocycles. The molecule has 0 saturated heterocycles. The summed E-state index contributed by atoms with van der Waals surface area (Å²) in [6, 6.07) is 0.156. The van der Waals surface area contributed by atoms with Crippen LogP contribution < -0.4 is 11.1 Å². The van der Waals surface area contributed by atoms with E-state index < -0.39 is 0 Å². The molecule has 0 aromatic rings. The second kappa shape index (κ2) is 8.52. The normalized spacial score (nSPS) is 18.2. The highest BCUT2D eigenvalue weighted by Crippen LogP contribution is 2.28. The van der Waals surface area contributed by atoms with Gasteiger partial charge in [-0.1, -0.05) is 39.5 Å². The van der Waals surface area contributed by atoms with Gasteiger partial charge in [0.1, 0.15) is 0 Å². The molecule has 1 saturated carbocycles. The van der Waals surface area contributed by atoms with Gasteiger partial charge in [0.15, 0.2) is 0 Å². The third kappa shape index (κ3) is 6.39. The van der Waals surface area contributed by atoms with E-state index in [9.17, 15) is 4.79 Å². The summed E-state index contributed by atoms with van der Waals surface area (Å²) >= 11 is 0. The van der Waals surface area contributed by atoms with Gasteiger partial charge in [0.05, 0.1) is 0 Å². The van der Waals surface area contributed by atoms with Crippen LogP contribution in [0.1, 0.15) is 65.2 Å². The molecule has 1 rings (SSSR count). The highest BCUT2D eigenvalue weighted by Gasteiger charge is 2.16. The summed E-state index contributed by atoms with van der Waals surface area (Å²) in [7, 11) is 0. The maximum absolute atomic E-state index is 11.8. The van der Waals surface area contributed by atoms with Crippen LogP contribution in [0.4, 0.5) is 0 Å². The number of carbonyl (C=O) groups is 1. The van der Waals surface area contributed by atoms with Crippen LogP contribution in [0.15, 0.2) is 0 Å². The van der Waals surface area contributed by atoms with Crippen molar-refractivity contribution in [2.24, 2.45) is 17.6 Å².